The van der Waals surface area contributed by atoms with Crippen molar-refractivity contribution in [3.63, 3.8) is 0 Å². The Morgan fingerprint density at radius 2 is 1.82 bits per heavy atom. The van der Waals surface area contributed by atoms with Gasteiger partial charge in [0.15, 0.2) is 26.9 Å². The Morgan fingerprint density at radius 3 is 2.50 bits per heavy atom. The third-order valence-corrected chi connectivity index (χ3v) is 8.94. The molecule has 2 aliphatic rings. The smallest absolute Gasteiger partial charge is 0.295 e. The minimum Gasteiger partial charge on any atom is -0.360 e. The van der Waals surface area contributed by atoms with Crippen molar-refractivity contribution in [2.24, 2.45) is 5.92 Å². The molecular weight excluding hydrogens is 504 g/mol. The average molecular weight is 533 g/mol. The van der Waals surface area contributed by atoms with Gasteiger partial charge in [0.1, 0.15) is 11.4 Å². The zero-order valence-electron chi connectivity index (χ0n) is 21.2. The first-order chi connectivity index (χ1) is 18.4. The van der Waals surface area contributed by atoms with E-state index in [-0.39, 0.29) is 34.6 Å². The lowest BCUT2D eigenvalue weighted by Gasteiger charge is -2.18. The van der Waals surface area contributed by atoms with Crippen LogP contribution in [0.25, 0.3) is 22.7 Å². The summed E-state index contributed by atoms with van der Waals surface area (Å²) in [5.41, 5.74) is 3.29. The van der Waals surface area contributed by atoms with Gasteiger partial charge in [-0.25, -0.2) is 23.4 Å². The zero-order chi connectivity index (χ0) is 26.4. The molecule has 2 fully saturated rings. The topological polar surface area (TPSA) is 146 Å². The highest BCUT2D eigenvalue weighted by molar-refractivity contribution is 7.91. The molecule has 0 saturated heterocycles. The number of fused-ring (bicyclic) bond motifs is 1. The van der Waals surface area contributed by atoms with Crippen molar-refractivity contribution in [3.05, 3.63) is 58.7 Å². The van der Waals surface area contributed by atoms with Crippen LogP contribution in [0.5, 0.6) is 0 Å². The zero-order valence-corrected chi connectivity index (χ0v) is 22.0. The summed E-state index contributed by atoms with van der Waals surface area (Å²) in [5.74, 6) is 0.938. The molecule has 4 aromatic rings. The lowest BCUT2D eigenvalue weighted by Crippen LogP contribution is -2.29. The Labute approximate surface area is 219 Å². The molecule has 0 radical (unpaired) electrons. The lowest BCUT2D eigenvalue weighted by molar-refractivity contribution is 0.482. The fraction of sp³-hybridized carbons (Fsp3) is 0.423. The second-order valence-electron chi connectivity index (χ2n) is 9.92. The van der Waals surface area contributed by atoms with Crippen molar-refractivity contribution in [3.8, 4) is 11.4 Å². The fourth-order valence-electron chi connectivity index (χ4n) is 4.62. The van der Waals surface area contributed by atoms with Crippen LogP contribution in [0.2, 0.25) is 0 Å². The molecule has 1 atom stereocenters. The van der Waals surface area contributed by atoms with Crippen molar-refractivity contribution in [2.45, 2.75) is 62.9 Å². The molecule has 6 rings (SSSR count). The molecule has 0 amide bonds. The molecule has 1 N–H and O–H groups in total. The summed E-state index contributed by atoms with van der Waals surface area (Å²) in [7, 11) is -3.33. The van der Waals surface area contributed by atoms with Crippen LogP contribution in [0.4, 0.5) is 5.82 Å². The number of pyridine rings is 1. The second kappa shape index (κ2) is 9.50. The molecule has 2 aliphatic carbocycles. The predicted octanol–water partition coefficient (Wildman–Crippen LogP) is 3.29. The quantitative estimate of drug-likeness (QED) is 0.341. The molecule has 1 unspecified atom stereocenters. The lowest BCUT2D eigenvalue weighted by atomic mass is 10.1. The van der Waals surface area contributed by atoms with Crippen LogP contribution in [0.15, 0.2) is 46.6 Å². The van der Waals surface area contributed by atoms with Crippen molar-refractivity contribution >= 4 is 26.9 Å². The standard InChI is InChI=1S/C26H28N8O3S/c1-3-38(36,37)19-9-8-18(29-13-19)12-30-24-26(35)34(15(2)16-4-5-16)25-23(33-24)31-14-20(32-25)22-21(17-6-7-17)27-10-11-28-22/h8-11,13-17H,3-7,12H2,1-2H3,(H,30,31,33). The van der Waals surface area contributed by atoms with Crippen molar-refractivity contribution in [2.75, 3.05) is 11.1 Å². The number of nitrogens with one attached hydrogen (secondary N) is 1. The van der Waals surface area contributed by atoms with Gasteiger partial charge in [-0.1, -0.05) is 6.92 Å². The van der Waals surface area contributed by atoms with E-state index < -0.39 is 9.84 Å². The maximum atomic E-state index is 13.7. The first-order valence-corrected chi connectivity index (χ1v) is 14.5. The van der Waals surface area contributed by atoms with Crippen molar-refractivity contribution in [1.82, 2.24) is 34.5 Å². The molecule has 0 aliphatic heterocycles. The SMILES string of the molecule is CCS(=O)(=O)c1ccc(CNc2nc3ncc(-c4nccnc4C4CC4)nc3n(C(C)C3CC3)c2=O)nc1. The van der Waals surface area contributed by atoms with E-state index in [0.717, 1.165) is 31.4 Å². The van der Waals surface area contributed by atoms with Gasteiger partial charge in [-0.05, 0) is 50.7 Å². The molecule has 196 valence electrons. The minimum atomic E-state index is -3.33. The van der Waals surface area contributed by atoms with Crippen LogP contribution in [-0.2, 0) is 16.4 Å². The molecule has 4 aromatic heterocycles. The minimum absolute atomic E-state index is 0.00744. The number of sulfone groups is 1. The van der Waals surface area contributed by atoms with Gasteiger partial charge in [-0.15, -0.1) is 0 Å². The summed E-state index contributed by atoms with van der Waals surface area (Å²) in [6.07, 6.45) is 10.6. The summed E-state index contributed by atoms with van der Waals surface area (Å²) in [5, 5.41) is 3.08. The third kappa shape index (κ3) is 4.64. The number of nitrogens with zero attached hydrogens (tertiary/aromatic N) is 7. The van der Waals surface area contributed by atoms with Crippen LogP contribution in [0.3, 0.4) is 0 Å². The van der Waals surface area contributed by atoms with Gasteiger partial charge >= 0.3 is 0 Å². The first kappa shape index (κ1) is 24.5. The fourth-order valence-corrected chi connectivity index (χ4v) is 5.44. The maximum absolute atomic E-state index is 13.7. The normalized spacial score (nSPS) is 16.5. The molecule has 0 spiro atoms. The summed E-state index contributed by atoms with van der Waals surface area (Å²) in [6.45, 7) is 3.83. The maximum Gasteiger partial charge on any atom is 0.295 e. The van der Waals surface area contributed by atoms with Gasteiger partial charge < -0.3 is 5.32 Å². The van der Waals surface area contributed by atoms with Gasteiger partial charge in [0, 0.05) is 30.6 Å². The Bertz CT molecular complexity index is 1680. The van der Waals surface area contributed by atoms with E-state index in [9.17, 15) is 13.2 Å². The predicted molar refractivity (Wildman–Crippen MR) is 141 cm³/mol. The van der Waals surface area contributed by atoms with Crippen LogP contribution in [-0.4, -0.2) is 48.6 Å². The van der Waals surface area contributed by atoms with Crippen molar-refractivity contribution < 1.29 is 8.42 Å². The summed E-state index contributed by atoms with van der Waals surface area (Å²) >= 11 is 0. The summed E-state index contributed by atoms with van der Waals surface area (Å²) in [6, 6.07) is 3.09. The van der Waals surface area contributed by atoms with Crippen LogP contribution in [0.1, 0.15) is 62.9 Å². The highest BCUT2D eigenvalue weighted by Crippen LogP contribution is 2.42. The number of anilines is 1. The molecule has 12 heteroatoms. The number of aromatic nitrogens is 7. The molecule has 0 aromatic carbocycles. The molecule has 2 saturated carbocycles. The average Bonchev–Trinajstić information content (AvgIpc) is 3.85. The molecule has 0 bridgehead atoms. The van der Waals surface area contributed by atoms with Gasteiger partial charge in [0.05, 0.1) is 34.8 Å². The largest absolute Gasteiger partial charge is 0.360 e. The molecular formula is C26H28N8O3S. The van der Waals surface area contributed by atoms with Crippen molar-refractivity contribution in [1.29, 1.82) is 0 Å². The molecule has 4 heterocycles. The number of hydrogen-bond donors (Lipinski definition) is 1. The van der Waals surface area contributed by atoms with Crippen LogP contribution in [0, 0.1) is 5.92 Å². The second-order valence-corrected chi connectivity index (χ2v) is 12.2. The Hall–Kier alpha value is -3.80. The van der Waals surface area contributed by atoms with Gasteiger partial charge in [-0.3, -0.25) is 24.3 Å². The third-order valence-electron chi connectivity index (χ3n) is 7.22. The van der Waals surface area contributed by atoms with Gasteiger partial charge in [-0.2, -0.15) is 0 Å². The van der Waals surface area contributed by atoms with E-state index in [1.807, 2.05) is 6.92 Å². The first-order valence-electron chi connectivity index (χ1n) is 12.9. The van der Waals surface area contributed by atoms with Crippen LogP contribution < -0.4 is 10.9 Å². The van der Waals surface area contributed by atoms with E-state index in [0.29, 0.717) is 40.2 Å². The Balaban J connectivity index is 1.37. The van der Waals surface area contributed by atoms with E-state index in [2.05, 4.69) is 30.2 Å². The van der Waals surface area contributed by atoms with Crippen LogP contribution >= 0.6 is 0 Å². The highest BCUT2D eigenvalue weighted by atomic mass is 32.2. The number of hydrogen-bond acceptors (Lipinski definition) is 10. The van der Waals surface area contributed by atoms with E-state index in [4.69, 9.17) is 4.98 Å². The summed E-state index contributed by atoms with van der Waals surface area (Å²) < 4.78 is 25.8. The Kier molecular flexibility index (Phi) is 6.13. The van der Waals surface area contributed by atoms with E-state index in [1.54, 1.807) is 36.1 Å². The van der Waals surface area contributed by atoms with E-state index in [1.165, 1.54) is 12.3 Å². The van der Waals surface area contributed by atoms with E-state index >= 15 is 0 Å². The van der Waals surface area contributed by atoms with Gasteiger partial charge in [0.25, 0.3) is 5.56 Å². The molecule has 11 nitrogen and oxygen atoms in total. The monoisotopic (exact) mass is 532 g/mol. The highest BCUT2D eigenvalue weighted by Gasteiger charge is 2.33. The summed E-state index contributed by atoms with van der Waals surface area (Å²) in [4.78, 5) is 41.1. The number of rotatable bonds is 9. The van der Waals surface area contributed by atoms with Gasteiger partial charge in [0.2, 0.25) is 0 Å². The Morgan fingerprint density at radius 1 is 1.03 bits per heavy atom. The molecule has 38 heavy (non-hydrogen) atoms.